The quantitative estimate of drug-likeness (QED) is 0.477. The van der Waals surface area contributed by atoms with E-state index >= 15 is 0 Å². The Hall–Kier alpha value is -1.71. The van der Waals surface area contributed by atoms with Gasteiger partial charge in [-0.15, -0.1) is 0 Å². The number of rotatable bonds is 2. The van der Waals surface area contributed by atoms with Crippen LogP contribution in [0.1, 0.15) is 65.4 Å². The zero-order valence-electron chi connectivity index (χ0n) is 15.5. The number of likely N-dealkylation sites (tertiary alicyclic amines) is 1. The Morgan fingerprint density at radius 3 is 2.58 bits per heavy atom. The Labute approximate surface area is 146 Å². The predicted octanol–water partition coefficient (Wildman–Crippen LogP) is 4.49. The molecule has 24 heavy (non-hydrogen) atoms. The number of aromatic hydroxyl groups is 1. The highest BCUT2D eigenvalue weighted by atomic mass is 16.3. The molecule has 2 aliphatic rings. The molecule has 2 N–H and O–H groups in total. The van der Waals surface area contributed by atoms with Crippen LogP contribution >= 0.6 is 0 Å². The second-order valence-electron chi connectivity index (χ2n) is 8.33. The van der Waals surface area contributed by atoms with Gasteiger partial charge < -0.3 is 15.3 Å². The number of aliphatic imine (C=N–C) groups is 1. The fourth-order valence-electron chi connectivity index (χ4n) is 3.19. The van der Waals surface area contributed by atoms with Gasteiger partial charge in [0.1, 0.15) is 5.75 Å². The molecule has 1 unspecified atom stereocenters. The number of anilines is 1. The van der Waals surface area contributed by atoms with Gasteiger partial charge in [0.15, 0.2) is 5.96 Å². The van der Waals surface area contributed by atoms with E-state index in [9.17, 15) is 5.11 Å². The maximum Gasteiger partial charge on any atom is 0.199 e. The Balaban J connectivity index is 1.87. The lowest BCUT2D eigenvalue weighted by Crippen LogP contribution is -2.45. The fraction of sp³-hybridized carbons (Fsp3) is 0.650. The van der Waals surface area contributed by atoms with Gasteiger partial charge in [-0.05, 0) is 62.1 Å². The van der Waals surface area contributed by atoms with Crippen LogP contribution in [-0.2, 0) is 5.41 Å². The van der Waals surface area contributed by atoms with E-state index in [1.807, 2.05) is 6.07 Å². The van der Waals surface area contributed by atoms with Crippen LogP contribution in [0.5, 0.6) is 5.75 Å². The zero-order chi connectivity index (χ0) is 17.3. The highest BCUT2D eigenvalue weighted by Gasteiger charge is 2.27. The van der Waals surface area contributed by atoms with E-state index in [-0.39, 0.29) is 11.2 Å². The standard InChI is InChI=1S/C20H31N3O/c1-14-7-5-6-12-23(14)19(21-16-9-10-16)22-17-13-15(20(2,3)4)8-11-18(17)24/h8,11,13-14,16,24H,5-7,9-10,12H2,1-4H3,(H,21,22). The Morgan fingerprint density at radius 1 is 1.21 bits per heavy atom. The largest absolute Gasteiger partial charge is 0.506 e. The molecule has 2 fully saturated rings. The lowest BCUT2D eigenvalue weighted by Gasteiger charge is -2.36. The minimum absolute atomic E-state index is 0.0519. The summed E-state index contributed by atoms with van der Waals surface area (Å²) in [5, 5.41) is 13.8. The topological polar surface area (TPSA) is 47.9 Å². The van der Waals surface area contributed by atoms with Crippen LogP contribution < -0.4 is 5.32 Å². The number of hydrogen-bond donors (Lipinski definition) is 2. The first-order chi connectivity index (χ1) is 11.3. The number of benzene rings is 1. The third kappa shape index (κ3) is 4.03. The van der Waals surface area contributed by atoms with Crippen molar-refractivity contribution in [1.29, 1.82) is 0 Å². The van der Waals surface area contributed by atoms with E-state index in [1.54, 1.807) is 6.07 Å². The average Bonchev–Trinajstić information content (AvgIpc) is 3.32. The maximum atomic E-state index is 10.3. The first kappa shape index (κ1) is 17.1. The molecule has 1 heterocycles. The Morgan fingerprint density at radius 2 is 1.96 bits per heavy atom. The molecule has 4 nitrogen and oxygen atoms in total. The third-order valence-corrected chi connectivity index (χ3v) is 5.04. The molecule has 0 bridgehead atoms. The number of nitrogens with one attached hydrogen (secondary N) is 1. The Bertz CT molecular complexity index is 614. The van der Waals surface area contributed by atoms with Crippen molar-refractivity contribution in [2.24, 2.45) is 4.99 Å². The predicted molar refractivity (Wildman–Crippen MR) is 101 cm³/mol. The summed E-state index contributed by atoms with van der Waals surface area (Å²) in [7, 11) is 0. The van der Waals surface area contributed by atoms with Gasteiger partial charge in [0.25, 0.3) is 0 Å². The van der Waals surface area contributed by atoms with E-state index in [4.69, 9.17) is 4.99 Å². The molecule has 1 aliphatic heterocycles. The molecule has 132 valence electrons. The molecular formula is C20H31N3O. The van der Waals surface area contributed by atoms with Gasteiger partial charge in [-0.1, -0.05) is 26.8 Å². The lowest BCUT2D eigenvalue weighted by atomic mass is 9.87. The molecule has 1 atom stereocenters. The number of nitrogens with zero attached hydrogens (tertiary/aromatic N) is 2. The molecule has 1 aromatic carbocycles. The third-order valence-electron chi connectivity index (χ3n) is 5.04. The van der Waals surface area contributed by atoms with Gasteiger partial charge in [-0.3, -0.25) is 0 Å². The second kappa shape index (κ2) is 6.66. The monoisotopic (exact) mass is 329 g/mol. The zero-order valence-corrected chi connectivity index (χ0v) is 15.5. The van der Waals surface area contributed by atoms with Crippen LogP contribution in [-0.4, -0.2) is 34.6 Å². The van der Waals surface area contributed by atoms with E-state index in [0.717, 1.165) is 18.2 Å². The number of phenolic OH excluding ortho intramolecular Hbond substituents is 1. The lowest BCUT2D eigenvalue weighted by molar-refractivity contribution is 0.257. The number of piperidine rings is 1. The van der Waals surface area contributed by atoms with Crippen molar-refractivity contribution in [1.82, 2.24) is 4.90 Å². The summed E-state index contributed by atoms with van der Waals surface area (Å²) >= 11 is 0. The molecular weight excluding hydrogens is 298 g/mol. The van der Waals surface area contributed by atoms with Crippen LogP contribution in [0.15, 0.2) is 23.2 Å². The van der Waals surface area contributed by atoms with Crippen molar-refractivity contribution in [3.05, 3.63) is 23.8 Å². The molecule has 1 saturated carbocycles. The second-order valence-corrected chi connectivity index (χ2v) is 8.33. The average molecular weight is 329 g/mol. The van der Waals surface area contributed by atoms with Crippen molar-refractivity contribution >= 4 is 11.6 Å². The molecule has 3 rings (SSSR count). The maximum absolute atomic E-state index is 10.3. The van der Waals surface area contributed by atoms with Gasteiger partial charge in [0.05, 0.1) is 11.7 Å². The summed E-state index contributed by atoms with van der Waals surface area (Å²) in [5.41, 5.74) is 2.02. The SMILES string of the molecule is CC1CCCCN1C(=NC1CC1)Nc1cc(C(C)(C)C)ccc1O. The van der Waals surface area contributed by atoms with E-state index < -0.39 is 0 Å². The molecule has 0 amide bonds. The highest BCUT2D eigenvalue weighted by molar-refractivity contribution is 5.95. The van der Waals surface area contributed by atoms with Crippen molar-refractivity contribution in [2.75, 3.05) is 11.9 Å². The van der Waals surface area contributed by atoms with E-state index in [1.165, 1.54) is 37.7 Å². The molecule has 1 saturated heterocycles. The van der Waals surface area contributed by atoms with Gasteiger partial charge in [-0.2, -0.15) is 0 Å². The van der Waals surface area contributed by atoms with Gasteiger partial charge in [-0.25, -0.2) is 4.99 Å². The first-order valence-corrected chi connectivity index (χ1v) is 9.29. The van der Waals surface area contributed by atoms with Crippen LogP contribution in [0.3, 0.4) is 0 Å². The van der Waals surface area contributed by atoms with Crippen molar-refractivity contribution < 1.29 is 5.11 Å². The minimum atomic E-state index is 0.0519. The number of phenols is 1. The molecule has 4 heteroatoms. The molecule has 1 aliphatic carbocycles. The van der Waals surface area contributed by atoms with Crippen LogP contribution in [0, 0.1) is 0 Å². The smallest absolute Gasteiger partial charge is 0.199 e. The van der Waals surface area contributed by atoms with E-state index in [2.05, 4.69) is 44.0 Å². The van der Waals surface area contributed by atoms with Crippen LogP contribution in [0.2, 0.25) is 0 Å². The summed E-state index contributed by atoms with van der Waals surface area (Å²) in [6, 6.07) is 6.80. The molecule has 0 radical (unpaired) electrons. The molecule has 0 spiro atoms. The van der Waals surface area contributed by atoms with Gasteiger partial charge >= 0.3 is 0 Å². The Kier molecular flexibility index (Phi) is 4.75. The van der Waals surface area contributed by atoms with Gasteiger partial charge in [0, 0.05) is 12.6 Å². The summed E-state index contributed by atoms with van der Waals surface area (Å²) in [4.78, 5) is 7.29. The van der Waals surface area contributed by atoms with Crippen LogP contribution in [0.25, 0.3) is 0 Å². The van der Waals surface area contributed by atoms with Crippen molar-refractivity contribution in [2.45, 2.75) is 77.3 Å². The van der Waals surface area contributed by atoms with Crippen molar-refractivity contribution in [3.8, 4) is 5.75 Å². The number of guanidine groups is 1. The molecule has 1 aromatic rings. The minimum Gasteiger partial charge on any atom is -0.506 e. The summed E-state index contributed by atoms with van der Waals surface area (Å²) in [5.74, 6) is 1.22. The van der Waals surface area contributed by atoms with Gasteiger partial charge in [0.2, 0.25) is 0 Å². The van der Waals surface area contributed by atoms with E-state index in [0.29, 0.717) is 12.1 Å². The summed E-state index contributed by atoms with van der Waals surface area (Å²) in [6.07, 6.45) is 6.07. The summed E-state index contributed by atoms with van der Waals surface area (Å²) < 4.78 is 0. The summed E-state index contributed by atoms with van der Waals surface area (Å²) in [6.45, 7) is 9.88. The fourth-order valence-corrected chi connectivity index (χ4v) is 3.19. The van der Waals surface area contributed by atoms with Crippen LogP contribution in [0.4, 0.5) is 5.69 Å². The molecule has 0 aromatic heterocycles. The normalized spacial score (nSPS) is 22.6. The number of hydrogen-bond acceptors (Lipinski definition) is 2. The first-order valence-electron chi connectivity index (χ1n) is 9.29. The highest BCUT2D eigenvalue weighted by Crippen LogP contribution is 2.32. The van der Waals surface area contributed by atoms with Crippen molar-refractivity contribution in [3.63, 3.8) is 0 Å².